The minimum absolute atomic E-state index is 0.242. The molecule has 7 heteroatoms. The molecule has 1 aromatic heterocycles. The highest BCUT2D eigenvalue weighted by atomic mass is 32.1. The van der Waals surface area contributed by atoms with Crippen molar-refractivity contribution in [1.82, 2.24) is 10.2 Å². The molecule has 7 N–H and O–H groups in total. The van der Waals surface area contributed by atoms with E-state index in [1.807, 2.05) is 36.6 Å². The van der Waals surface area contributed by atoms with Gasteiger partial charge >= 0.3 is 0 Å². The SMILES string of the molecule is CC(/C=C(\N)[NH+]1CCCN(C2CNC2)C1)=C(/N)c1ccc2sccc2c1O. The van der Waals surface area contributed by atoms with Gasteiger partial charge in [0.15, 0.2) is 5.82 Å². The Balaban J connectivity index is 1.56. The maximum Gasteiger partial charge on any atom is 0.198 e. The van der Waals surface area contributed by atoms with Gasteiger partial charge < -0.3 is 21.9 Å². The molecule has 4 rings (SSSR count). The number of thiophene rings is 1. The van der Waals surface area contributed by atoms with Crippen LogP contribution in [0.2, 0.25) is 0 Å². The molecular weight excluding hydrogens is 358 g/mol. The average molecular weight is 387 g/mol. The second-order valence-electron chi connectivity index (χ2n) is 7.48. The Kier molecular flexibility index (Phi) is 5.10. The van der Waals surface area contributed by atoms with Gasteiger partial charge in [0.1, 0.15) is 12.4 Å². The van der Waals surface area contributed by atoms with Crippen molar-refractivity contribution in [2.24, 2.45) is 11.5 Å². The van der Waals surface area contributed by atoms with Crippen molar-refractivity contribution in [3.8, 4) is 5.75 Å². The van der Waals surface area contributed by atoms with Gasteiger partial charge in [0.05, 0.1) is 6.54 Å². The molecule has 2 fully saturated rings. The molecule has 1 atom stereocenters. The highest BCUT2D eigenvalue weighted by Crippen LogP contribution is 2.35. The predicted octanol–water partition coefficient (Wildman–Crippen LogP) is 0.617. The first-order chi connectivity index (χ1) is 13.0. The van der Waals surface area contributed by atoms with Gasteiger partial charge in [0.2, 0.25) is 0 Å². The van der Waals surface area contributed by atoms with E-state index in [9.17, 15) is 5.11 Å². The van der Waals surface area contributed by atoms with E-state index in [1.165, 1.54) is 4.90 Å². The molecule has 3 heterocycles. The Bertz CT molecular complexity index is 899. The number of rotatable bonds is 4. The van der Waals surface area contributed by atoms with Crippen LogP contribution in [0.15, 0.2) is 41.0 Å². The number of quaternary nitrogens is 1. The number of allylic oxidation sites excluding steroid dienone is 2. The van der Waals surface area contributed by atoms with Crippen molar-refractivity contribution in [2.45, 2.75) is 19.4 Å². The monoisotopic (exact) mass is 386 g/mol. The van der Waals surface area contributed by atoms with Crippen LogP contribution in [0.25, 0.3) is 15.8 Å². The molecule has 0 radical (unpaired) electrons. The highest BCUT2D eigenvalue weighted by Gasteiger charge is 2.31. The Labute approximate surface area is 163 Å². The number of nitrogens with two attached hydrogens (primary N) is 2. The molecule has 2 aliphatic heterocycles. The van der Waals surface area contributed by atoms with E-state index in [4.69, 9.17) is 11.5 Å². The van der Waals surface area contributed by atoms with E-state index in [0.717, 1.165) is 60.7 Å². The van der Waals surface area contributed by atoms with Crippen molar-refractivity contribution in [1.29, 1.82) is 0 Å². The topological polar surface area (TPSA) is 92.0 Å². The Morgan fingerprint density at radius 3 is 2.89 bits per heavy atom. The summed E-state index contributed by atoms with van der Waals surface area (Å²) >= 11 is 1.61. The fourth-order valence-electron chi connectivity index (χ4n) is 3.85. The third-order valence-electron chi connectivity index (χ3n) is 5.70. The summed E-state index contributed by atoms with van der Waals surface area (Å²) in [4.78, 5) is 3.81. The standard InChI is InChI=1S/C20H27N5OS/c1-13(19(22)16-3-4-17-15(20(16)26)5-8-27-17)9-18(21)25-7-2-6-24(12-25)14-10-23-11-14/h3-5,8-9,14,23,26H,2,6-7,10-12,21-22H2,1H3/p+1/b18-9+,19-13-. The second kappa shape index (κ2) is 7.52. The smallest absolute Gasteiger partial charge is 0.198 e. The van der Waals surface area contributed by atoms with Crippen molar-refractivity contribution < 1.29 is 10.0 Å². The number of benzene rings is 1. The number of phenols is 1. The molecular formula is C20H28N5OS+. The molecule has 6 nitrogen and oxygen atoms in total. The molecule has 0 bridgehead atoms. The molecule has 27 heavy (non-hydrogen) atoms. The van der Waals surface area contributed by atoms with Crippen LogP contribution in [0.5, 0.6) is 5.75 Å². The number of nitrogens with one attached hydrogen (secondary N) is 2. The lowest BCUT2D eigenvalue weighted by molar-refractivity contribution is -0.880. The molecule has 0 amide bonds. The van der Waals surface area contributed by atoms with Gasteiger partial charge in [0, 0.05) is 59.5 Å². The Morgan fingerprint density at radius 2 is 2.15 bits per heavy atom. The minimum atomic E-state index is 0.242. The summed E-state index contributed by atoms with van der Waals surface area (Å²) in [5, 5.41) is 16.8. The van der Waals surface area contributed by atoms with Crippen LogP contribution in [0.3, 0.4) is 0 Å². The normalized spacial score (nSPS) is 23.3. The molecule has 0 saturated carbocycles. The quantitative estimate of drug-likeness (QED) is 0.497. The van der Waals surface area contributed by atoms with Gasteiger partial charge in [-0.25, -0.2) is 0 Å². The van der Waals surface area contributed by atoms with Crippen LogP contribution >= 0.6 is 11.3 Å². The zero-order chi connectivity index (χ0) is 19.0. The van der Waals surface area contributed by atoms with Crippen LogP contribution in [0.4, 0.5) is 0 Å². The molecule has 0 spiro atoms. The summed E-state index contributed by atoms with van der Waals surface area (Å²) in [7, 11) is 0. The van der Waals surface area contributed by atoms with Crippen LogP contribution < -0.4 is 21.7 Å². The lowest BCUT2D eigenvalue weighted by Crippen LogP contribution is -3.14. The number of hydrogen-bond acceptors (Lipinski definition) is 6. The number of nitrogens with zero attached hydrogens (tertiary/aromatic N) is 1. The van der Waals surface area contributed by atoms with Crippen LogP contribution in [0, 0.1) is 0 Å². The van der Waals surface area contributed by atoms with Crippen LogP contribution in [-0.2, 0) is 0 Å². The molecule has 1 aromatic carbocycles. The van der Waals surface area contributed by atoms with Crippen molar-refractivity contribution >= 4 is 27.1 Å². The van der Waals surface area contributed by atoms with Crippen molar-refractivity contribution in [3.05, 3.63) is 46.6 Å². The van der Waals surface area contributed by atoms with Crippen molar-refractivity contribution in [3.63, 3.8) is 0 Å². The molecule has 144 valence electrons. The molecule has 0 aliphatic carbocycles. The molecule has 2 aromatic rings. The lowest BCUT2D eigenvalue weighted by Gasteiger charge is -2.41. The van der Waals surface area contributed by atoms with Gasteiger partial charge in [-0.1, -0.05) is 0 Å². The number of aromatic hydroxyl groups is 1. The second-order valence-corrected chi connectivity index (χ2v) is 8.43. The van der Waals surface area contributed by atoms with E-state index in [0.29, 0.717) is 17.3 Å². The fraction of sp³-hybridized carbons (Fsp3) is 0.400. The fourth-order valence-corrected chi connectivity index (χ4v) is 4.64. The Hall–Kier alpha value is -2.06. The van der Waals surface area contributed by atoms with Gasteiger partial charge in [-0.15, -0.1) is 11.3 Å². The summed E-state index contributed by atoms with van der Waals surface area (Å²) in [6, 6.07) is 6.45. The van der Waals surface area contributed by atoms with Crippen LogP contribution in [-0.4, -0.2) is 48.9 Å². The molecule has 2 saturated heterocycles. The van der Waals surface area contributed by atoms with E-state index >= 15 is 0 Å². The van der Waals surface area contributed by atoms with Crippen molar-refractivity contribution in [2.75, 3.05) is 32.8 Å². The summed E-state index contributed by atoms with van der Waals surface area (Å²) in [5.41, 5.74) is 14.9. The molecule has 1 unspecified atom stereocenters. The first-order valence-electron chi connectivity index (χ1n) is 9.47. The van der Waals surface area contributed by atoms with Gasteiger partial charge in [-0.05, 0) is 36.1 Å². The summed E-state index contributed by atoms with van der Waals surface area (Å²) < 4.78 is 1.06. The Morgan fingerprint density at radius 1 is 1.33 bits per heavy atom. The first-order valence-corrected chi connectivity index (χ1v) is 10.4. The maximum atomic E-state index is 10.6. The predicted molar refractivity (Wildman–Crippen MR) is 111 cm³/mol. The van der Waals surface area contributed by atoms with E-state index < -0.39 is 0 Å². The largest absolute Gasteiger partial charge is 0.507 e. The van der Waals surface area contributed by atoms with Crippen LogP contribution in [0.1, 0.15) is 18.9 Å². The van der Waals surface area contributed by atoms with Gasteiger partial charge in [-0.3, -0.25) is 9.80 Å². The minimum Gasteiger partial charge on any atom is -0.507 e. The third-order valence-corrected chi connectivity index (χ3v) is 6.58. The number of phenolic OH excluding ortho intramolecular Hbond substituents is 1. The third kappa shape index (κ3) is 3.55. The van der Waals surface area contributed by atoms with E-state index in [-0.39, 0.29) is 5.75 Å². The van der Waals surface area contributed by atoms with E-state index in [2.05, 4.69) is 10.2 Å². The number of fused-ring (bicyclic) bond motifs is 1. The van der Waals surface area contributed by atoms with Gasteiger partial charge in [-0.2, -0.15) is 0 Å². The van der Waals surface area contributed by atoms with Gasteiger partial charge in [0.25, 0.3) is 0 Å². The zero-order valence-electron chi connectivity index (χ0n) is 15.7. The maximum absolute atomic E-state index is 10.6. The average Bonchev–Trinajstić information content (AvgIpc) is 3.10. The zero-order valence-corrected chi connectivity index (χ0v) is 16.5. The summed E-state index contributed by atoms with van der Waals surface area (Å²) in [6.45, 7) is 7.23. The first kappa shape index (κ1) is 18.3. The summed E-state index contributed by atoms with van der Waals surface area (Å²) in [6.07, 6.45) is 3.11. The number of hydrogen-bond donors (Lipinski definition) is 5. The summed E-state index contributed by atoms with van der Waals surface area (Å²) in [5.74, 6) is 1.05. The highest BCUT2D eigenvalue weighted by molar-refractivity contribution is 7.17. The lowest BCUT2D eigenvalue weighted by atomic mass is 10.0. The van der Waals surface area contributed by atoms with E-state index in [1.54, 1.807) is 11.3 Å². The molecule has 2 aliphatic rings.